The van der Waals surface area contributed by atoms with E-state index in [4.69, 9.17) is 15.5 Å². The number of pyridine rings is 2. The van der Waals surface area contributed by atoms with Crippen molar-refractivity contribution in [3.63, 3.8) is 0 Å². The first-order valence-corrected chi connectivity index (χ1v) is 17.4. The number of carbonyl (C=O) groups is 5. The van der Waals surface area contributed by atoms with Gasteiger partial charge in [0.05, 0.1) is 35.4 Å². The van der Waals surface area contributed by atoms with Gasteiger partial charge in [0.15, 0.2) is 5.60 Å². The molecular formula is C37H46N6O8. The number of esters is 1. The third-order valence-corrected chi connectivity index (χ3v) is 9.57. The third kappa shape index (κ3) is 7.36. The first-order valence-electron chi connectivity index (χ1n) is 17.4. The van der Waals surface area contributed by atoms with E-state index in [9.17, 15) is 33.9 Å². The summed E-state index contributed by atoms with van der Waals surface area (Å²) in [7, 11) is 0. The Balaban J connectivity index is 1.50. The molecule has 2 aromatic heterocycles. The highest BCUT2D eigenvalue weighted by molar-refractivity contribution is 5.94. The predicted octanol–water partition coefficient (Wildman–Crippen LogP) is 1.77. The summed E-state index contributed by atoms with van der Waals surface area (Å²) in [6, 6.07) is 7.12. The van der Waals surface area contributed by atoms with Gasteiger partial charge in [0, 0.05) is 36.5 Å². The lowest BCUT2D eigenvalue weighted by atomic mass is 9.86. The zero-order chi connectivity index (χ0) is 37.2. The number of nitrogens with zero attached hydrogens (tertiary/aromatic N) is 3. The van der Waals surface area contributed by atoms with Gasteiger partial charge >= 0.3 is 5.97 Å². The summed E-state index contributed by atoms with van der Waals surface area (Å²) in [4.78, 5) is 84.0. The zero-order valence-corrected chi connectivity index (χ0v) is 29.7. The molecule has 0 bridgehead atoms. The molecule has 0 spiro atoms. The van der Waals surface area contributed by atoms with Gasteiger partial charge in [-0.25, -0.2) is 9.78 Å². The van der Waals surface area contributed by atoms with E-state index < -0.39 is 47.8 Å². The Kier molecular flexibility index (Phi) is 10.9. The van der Waals surface area contributed by atoms with E-state index in [-0.39, 0.29) is 54.6 Å². The van der Waals surface area contributed by atoms with Crippen molar-refractivity contribution in [2.75, 3.05) is 13.1 Å². The summed E-state index contributed by atoms with van der Waals surface area (Å²) in [6.07, 6.45) is 0.985. The normalized spacial score (nSPS) is 17.2. The van der Waals surface area contributed by atoms with Gasteiger partial charge in [-0.05, 0) is 49.3 Å². The number of benzene rings is 1. The van der Waals surface area contributed by atoms with Gasteiger partial charge in [0.2, 0.25) is 23.6 Å². The molecule has 4 heterocycles. The average molecular weight is 703 g/mol. The summed E-state index contributed by atoms with van der Waals surface area (Å²) in [5.41, 5.74) is 6.94. The van der Waals surface area contributed by atoms with Crippen LogP contribution in [0, 0.1) is 5.92 Å². The SMILES string of the molecule is CCCN(CCc1c2c(nc3ccccc13)-c1cc3c(c(=O)n1C2)COC(=O)[C@]3(O)CC)C(=O)[C@H](CC(C)C)NC(=O)[C@H](CC(N)=O)NC(C)=O. The van der Waals surface area contributed by atoms with Gasteiger partial charge in [0.25, 0.3) is 5.56 Å². The lowest BCUT2D eigenvalue weighted by Crippen LogP contribution is -2.55. The molecule has 0 saturated carbocycles. The fraction of sp³-hybridized carbons (Fsp3) is 0.486. The zero-order valence-electron chi connectivity index (χ0n) is 29.7. The number of para-hydroxylation sites is 1. The number of primary amides is 1. The average Bonchev–Trinajstić information content (AvgIpc) is 3.45. The van der Waals surface area contributed by atoms with Crippen molar-refractivity contribution in [1.82, 2.24) is 25.1 Å². The second kappa shape index (κ2) is 15.0. The maximum absolute atomic E-state index is 14.2. The number of fused-ring (bicyclic) bond motifs is 5. The van der Waals surface area contributed by atoms with Gasteiger partial charge in [-0.3, -0.25) is 24.0 Å². The number of rotatable bonds is 14. The minimum atomic E-state index is -1.95. The van der Waals surface area contributed by atoms with Crippen LogP contribution in [0.4, 0.5) is 0 Å². The highest BCUT2D eigenvalue weighted by atomic mass is 16.6. The van der Waals surface area contributed by atoms with Crippen LogP contribution in [0.5, 0.6) is 0 Å². The van der Waals surface area contributed by atoms with E-state index >= 15 is 0 Å². The largest absolute Gasteiger partial charge is 0.458 e. The van der Waals surface area contributed by atoms with Crippen molar-refractivity contribution >= 4 is 40.5 Å². The molecule has 3 atom stereocenters. The number of ether oxygens (including phenoxy) is 1. The van der Waals surface area contributed by atoms with Gasteiger partial charge in [-0.1, -0.05) is 45.9 Å². The van der Waals surface area contributed by atoms with E-state index in [1.807, 2.05) is 45.0 Å². The van der Waals surface area contributed by atoms with Gasteiger partial charge in [0.1, 0.15) is 18.7 Å². The highest BCUT2D eigenvalue weighted by Crippen LogP contribution is 2.40. The molecule has 4 amide bonds. The van der Waals surface area contributed by atoms with Gasteiger partial charge in [-0.15, -0.1) is 0 Å². The molecule has 0 radical (unpaired) electrons. The van der Waals surface area contributed by atoms with Crippen molar-refractivity contribution in [2.24, 2.45) is 11.7 Å². The summed E-state index contributed by atoms with van der Waals surface area (Å²) < 4.78 is 6.81. The van der Waals surface area contributed by atoms with Crippen LogP contribution in [-0.4, -0.2) is 74.3 Å². The molecule has 2 aliphatic heterocycles. The molecule has 14 heteroatoms. The van der Waals surface area contributed by atoms with Crippen LogP contribution in [0.15, 0.2) is 35.1 Å². The highest BCUT2D eigenvalue weighted by Gasteiger charge is 2.45. The molecule has 3 aromatic rings. The van der Waals surface area contributed by atoms with Crippen molar-refractivity contribution in [1.29, 1.82) is 0 Å². The standard InChI is InChI=1S/C37H46N6O8/c1-6-13-42(35(48)29(15-20(3)4)41-33(46)28(17-31(38)45)39-21(5)44)14-12-22-23-10-8-9-11-27(23)40-32-24(22)18-43-30(32)16-26-25(34(43)47)19-51-36(49)37(26,50)7-2/h8-11,16,20,28-29,50H,6-7,12-15,17-19H2,1-5H3,(H2,38,45)(H,39,44)(H,41,46)/t28-,29-,37-/m0/s1. The van der Waals surface area contributed by atoms with Crippen LogP contribution in [0.25, 0.3) is 22.3 Å². The lowest BCUT2D eigenvalue weighted by molar-refractivity contribution is -0.172. The molecule has 5 rings (SSSR count). The smallest absolute Gasteiger partial charge is 0.343 e. The Morgan fingerprint density at radius 2 is 1.80 bits per heavy atom. The first kappa shape index (κ1) is 37.2. The topological polar surface area (TPSA) is 203 Å². The van der Waals surface area contributed by atoms with Crippen molar-refractivity contribution < 1.29 is 33.8 Å². The Bertz CT molecular complexity index is 1940. The number of hydrogen-bond donors (Lipinski definition) is 4. The molecule has 0 unspecified atom stereocenters. The minimum Gasteiger partial charge on any atom is -0.458 e. The Morgan fingerprint density at radius 1 is 1.08 bits per heavy atom. The number of amides is 4. The van der Waals surface area contributed by atoms with E-state index in [0.29, 0.717) is 42.7 Å². The summed E-state index contributed by atoms with van der Waals surface area (Å²) in [5.74, 6) is -3.03. The van der Waals surface area contributed by atoms with E-state index in [0.717, 1.165) is 16.5 Å². The van der Waals surface area contributed by atoms with Crippen LogP contribution in [0.2, 0.25) is 0 Å². The van der Waals surface area contributed by atoms with Crippen molar-refractivity contribution in [3.8, 4) is 11.4 Å². The number of nitrogens with two attached hydrogens (primary N) is 1. The summed E-state index contributed by atoms with van der Waals surface area (Å²) in [6.45, 7) is 9.36. The van der Waals surface area contributed by atoms with E-state index in [1.165, 1.54) is 6.92 Å². The fourth-order valence-corrected chi connectivity index (χ4v) is 7.09. The number of aromatic nitrogens is 2. The van der Waals surface area contributed by atoms with E-state index in [2.05, 4.69) is 10.6 Å². The quantitative estimate of drug-likeness (QED) is 0.141. The molecule has 2 aliphatic rings. The molecule has 0 fully saturated rings. The number of nitrogens with one attached hydrogen (secondary N) is 2. The van der Waals surface area contributed by atoms with Gasteiger partial charge in [-0.2, -0.15) is 0 Å². The summed E-state index contributed by atoms with van der Waals surface area (Å²) >= 11 is 0. The molecule has 1 aromatic carbocycles. The second-order valence-electron chi connectivity index (χ2n) is 13.7. The van der Waals surface area contributed by atoms with Crippen LogP contribution in [0.3, 0.4) is 0 Å². The number of aliphatic hydroxyl groups is 1. The minimum absolute atomic E-state index is 0.0270. The van der Waals surface area contributed by atoms with Crippen LogP contribution >= 0.6 is 0 Å². The maximum atomic E-state index is 14.2. The van der Waals surface area contributed by atoms with E-state index in [1.54, 1.807) is 22.5 Å². The predicted molar refractivity (Wildman–Crippen MR) is 188 cm³/mol. The molecule has 14 nitrogen and oxygen atoms in total. The third-order valence-electron chi connectivity index (χ3n) is 9.57. The molecule has 0 aliphatic carbocycles. The van der Waals surface area contributed by atoms with Crippen LogP contribution < -0.4 is 21.9 Å². The molecule has 0 saturated heterocycles. The molecule has 272 valence electrons. The first-order chi connectivity index (χ1) is 24.2. The number of carbonyl (C=O) groups excluding carboxylic acids is 5. The molecule has 5 N–H and O–H groups in total. The summed E-state index contributed by atoms with van der Waals surface area (Å²) in [5, 5.41) is 17.4. The maximum Gasteiger partial charge on any atom is 0.343 e. The number of cyclic esters (lactones) is 1. The van der Waals surface area contributed by atoms with Crippen LogP contribution in [0.1, 0.15) is 82.6 Å². The lowest BCUT2D eigenvalue weighted by Gasteiger charge is -2.31. The fourth-order valence-electron chi connectivity index (χ4n) is 7.09. The number of hydrogen-bond acceptors (Lipinski definition) is 9. The monoisotopic (exact) mass is 702 g/mol. The Labute approximate surface area is 295 Å². The van der Waals surface area contributed by atoms with Crippen LogP contribution in [-0.2, 0) is 53.9 Å². The van der Waals surface area contributed by atoms with Crippen molar-refractivity contribution in [2.45, 2.75) is 97.6 Å². The Morgan fingerprint density at radius 3 is 2.45 bits per heavy atom. The van der Waals surface area contributed by atoms with Crippen molar-refractivity contribution in [3.05, 3.63) is 62.9 Å². The van der Waals surface area contributed by atoms with Gasteiger partial charge < -0.3 is 35.7 Å². The molecule has 51 heavy (non-hydrogen) atoms. The Hall–Kier alpha value is -5.11. The molecular weight excluding hydrogens is 656 g/mol. The second-order valence-corrected chi connectivity index (χ2v) is 13.7.